The number of hydrogen-bond acceptors (Lipinski definition) is 3. The number of rotatable bonds is 8. The van der Waals surface area contributed by atoms with E-state index in [2.05, 4.69) is 13.2 Å². The second-order valence-corrected chi connectivity index (χ2v) is 7.24. The maximum atomic E-state index is 12.8. The van der Waals surface area contributed by atoms with E-state index in [0.29, 0.717) is 29.2 Å². The van der Waals surface area contributed by atoms with Crippen LogP contribution in [0.5, 0.6) is 0 Å². The predicted molar refractivity (Wildman–Crippen MR) is 105 cm³/mol. The van der Waals surface area contributed by atoms with Crippen LogP contribution in [0.3, 0.4) is 0 Å². The third-order valence-corrected chi connectivity index (χ3v) is 5.31. The standard InChI is InChI=1S/C20H25F3N2OS/c1-7-8-19(15(3)24(5)11-12-25(6)16(4)26)27-18-10-9-17(13-14(18)2)20(21,22)23/h7-10,13H,1,3,11-12H2,2,4-6H3/b19-8+. The van der Waals surface area contributed by atoms with E-state index in [1.165, 1.54) is 24.8 Å². The highest BCUT2D eigenvalue weighted by Crippen LogP contribution is 2.37. The molecule has 0 unspecified atom stereocenters. The van der Waals surface area contributed by atoms with E-state index in [9.17, 15) is 18.0 Å². The smallest absolute Gasteiger partial charge is 0.372 e. The summed E-state index contributed by atoms with van der Waals surface area (Å²) in [5.74, 6) is -0.0226. The zero-order valence-electron chi connectivity index (χ0n) is 16.1. The maximum absolute atomic E-state index is 12.8. The molecule has 0 aliphatic rings. The van der Waals surface area contributed by atoms with Gasteiger partial charge >= 0.3 is 6.18 Å². The maximum Gasteiger partial charge on any atom is 0.416 e. The van der Waals surface area contributed by atoms with Crippen LogP contribution in [-0.2, 0) is 11.0 Å². The number of nitrogens with zero attached hydrogens (tertiary/aromatic N) is 2. The Labute approximate surface area is 163 Å². The lowest BCUT2D eigenvalue weighted by Gasteiger charge is -2.26. The molecule has 0 aliphatic heterocycles. The number of amides is 1. The third-order valence-electron chi connectivity index (χ3n) is 4.04. The molecule has 0 N–H and O–H groups in total. The fourth-order valence-corrected chi connectivity index (χ4v) is 3.17. The number of thioether (sulfide) groups is 1. The Kier molecular flexibility index (Phi) is 8.21. The minimum absolute atomic E-state index is 0.0226. The molecule has 7 heteroatoms. The number of aryl methyl sites for hydroxylation is 1. The number of carbonyl (C=O) groups is 1. The molecule has 3 nitrogen and oxygen atoms in total. The topological polar surface area (TPSA) is 23.6 Å². The van der Waals surface area contributed by atoms with E-state index < -0.39 is 11.7 Å². The first kappa shape index (κ1) is 22.9. The minimum Gasteiger partial charge on any atom is -0.372 e. The van der Waals surface area contributed by atoms with Crippen LogP contribution in [0.1, 0.15) is 18.1 Å². The summed E-state index contributed by atoms with van der Waals surface area (Å²) in [5.41, 5.74) is 0.578. The van der Waals surface area contributed by atoms with Gasteiger partial charge in [0.25, 0.3) is 0 Å². The van der Waals surface area contributed by atoms with E-state index in [4.69, 9.17) is 0 Å². The number of halogens is 3. The van der Waals surface area contributed by atoms with Crippen molar-refractivity contribution in [3.05, 3.63) is 65.2 Å². The van der Waals surface area contributed by atoms with Gasteiger partial charge in [0.05, 0.1) is 5.56 Å². The molecule has 0 fully saturated rings. The summed E-state index contributed by atoms with van der Waals surface area (Å²) < 4.78 is 38.5. The van der Waals surface area contributed by atoms with Gasteiger partial charge in [-0.1, -0.05) is 31.0 Å². The minimum atomic E-state index is -4.36. The normalized spacial score (nSPS) is 11.9. The summed E-state index contributed by atoms with van der Waals surface area (Å²) in [7, 11) is 3.58. The monoisotopic (exact) mass is 398 g/mol. The Bertz CT molecular complexity index is 741. The number of alkyl halides is 3. The number of hydrogen-bond donors (Lipinski definition) is 0. The molecular formula is C20H25F3N2OS. The molecule has 1 rings (SSSR count). The van der Waals surface area contributed by atoms with Crippen molar-refractivity contribution in [2.45, 2.75) is 24.9 Å². The van der Waals surface area contributed by atoms with Gasteiger partial charge in [-0.3, -0.25) is 4.79 Å². The summed E-state index contributed by atoms with van der Waals surface area (Å²) in [4.78, 5) is 16.3. The lowest BCUT2D eigenvalue weighted by molar-refractivity contribution is -0.137. The molecule has 27 heavy (non-hydrogen) atoms. The van der Waals surface area contributed by atoms with Crippen molar-refractivity contribution in [3.8, 4) is 0 Å². The number of carbonyl (C=O) groups excluding carboxylic acids is 1. The molecule has 0 bridgehead atoms. The highest BCUT2D eigenvalue weighted by molar-refractivity contribution is 8.03. The van der Waals surface area contributed by atoms with E-state index >= 15 is 0 Å². The van der Waals surface area contributed by atoms with Gasteiger partial charge < -0.3 is 9.80 Å². The highest BCUT2D eigenvalue weighted by Gasteiger charge is 2.30. The van der Waals surface area contributed by atoms with Crippen LogP contribution in [0.15, 0.2) is 59.0 Å². The first-order valence-corrected chi connectivity index (χ1v) is 9.09. The van der Waals surface area contributed by atoms with E-state index in [0.717, 1.165) is 17.0 Å². The van der Waals surface area contributed by atoms with Crippen LogP contribution in [0.2, 0.25) is 0 Å². The van der Waals surface area contributed by atoms with Crippen LogP contribution in [0.4, 0.5) is 13.2 Å². The number of benzene rings is 1. The van der Waals surface area contributed by atoms with Crippen molar-refractivity contribution in [1.82, 2.24) is 9.80 Å². The lowest BCUT2D eigenvalue weighted by atomic mass is 10.1. The van der Waals surface area contributed by atoms with Gasteiger partial charge in [-0.2, -0.15) is 13.2 Å². The second kappa shape index (κ2) is 9.69. The second-order valence-electron chi connectivity index (χ2n) is 6.16. The summed E-state index contributed by atoms with van der Waals surface area (Å²) in [5, 5.41) is 0. The fourth-order valence-electron chi connectivity index (χ4n) is 2.14. The van der Waals surface area contributed by atoms with Crippen molar-refractivity contribution in [2.75, 3.05) is 27.2 Å². The molecule has 148 valence electrons. The molecule has 0 saturated heterocycles. The Morgan fingerprint density at radius 1 is 1.22 bits per heavy atom. The van der Waals surface area contributed by atoms with Gasteiger partial charge in [-0.25, -0.2) is 0 Å². The molecule has 0 atom stereocenters. The Morgan fingerprint density at radius 3 is 2.30 bits per heavy atom. The average molecular weight is 398 g/mol. The molecule has 0 aliphatic carbocycles. The van der Waals surface area contributed by atoms with Gasteiger partial charge in [0.15, 0.2) is 0 Å². The van der Waals surface area contributed by atoms with Crippen molar-refractivity contribution < 1.29 is 18.0 Å². The Morgan fingerprint density at radius 2 is 1.81 bits per heavy atom. The van der Waals surface area contributed by atoms with Crippen LogP contribution in [0, 0.1) is 6.92 Å². The zero-order valence-corrected chi connectivity index (χ0v) is 16.9. The van der Waals surface area contributed by atoms with Crippen LogP contribution in [-0.4, -0.2) is 42.9 Å². The molecule has 0 aromatic heterocycles. The summed E-state index contributed by atoms with van der Waals surface area (Å²) in [6.45, 7) is 12.1. The lowest BCUT2D eigenvalue weighted by Crippen LogP contribution is -2.33. The molecule has 1 amide bonds. The van der Waals surface area contributed by atoms with Gasteiger partial charge in [0.1, 0.15) is 0 Å². The molecule has 0 saturated carbocycles. The molecule has 0 radical (unpaired) electrons. The van der Waals surface area contributed by atoms with Gasteiger partial charge in [-0.05, 0) is 36.8 Å². The SMILES string of the molecule is C=C/C=C(/Sc1ccc(C(F)(F)F)cc1C)C(=C)N(C)CCN(C)C(C)=O. The summed E-state index contributed by atoms with van der Waals surface area (Å²) >= 11 is 1.34. The van der Waals surface area contributed by atoms with Gasteiger partial charge in [0.2, 0.25) is 5.91 Å². The molecule has 0 spiro atoms. The first-order chi connectivity index (χ1) is 12.5. The molecule has 1 aromatic rings. The van der Waals surface area contributed by atoms with Crippen molar-refractivity contribution in [2.24, 2.45) is 0 Å². The summed E-state index contributed by atoms with van der Waals surface area (Å²) in [6.07, 6.45) is -0.974. The Balaban J connectivity index is 2.93. The van der Waals surface area contributed by atoms with E-state index in [-0.39, 0.29) is 5.91 Å². The predicted octanol–water partition coefficient (Wildman–Crippen LogP) is 5.10. The van der Waals surface area contributed by atoms with Crippen molar-refractivity contribution in [3.63, 3.8) is 0 Å². The van der Waals surface area contributed by atoms with Gasteiger partial charge in [-0.15, -0.1) is 0 Å². The quantitative estimate of drug-likeness (QED) is 0.450. The van der Waals surface area contributed by atoms with Crippen LogP contribution < -0.4 is 0 Å². The molecule has 1 aromatic carbocycles. The molecule has 0 heterocycles. The van der Waals surface area contributed by atoms with Crippen LogP contribution >= 0.6 is 11.8 Å². The zero-order chi connectivity index (χ0) is 20.8. The fraction of sp³-hybridized carbons (Fsp3) is 0.350. The summed E-state index contributed by atoms with van der Waals surface area (Å²) in [6, 6.07) is 3.69. The number of likely N-dealkylation sites (N-methyl/N-ethyl adjacent to an activating group) is 2. The molecular weight excluding hydrogens is 373 g/mol. The highest BCUT2D eigenvalue weighted by atomic mass is 32.2. The average Bonchev–Trinajstić information content (AvgIpc) is 2.58. The van der Waals surface area contributed by atoms with Crippen molar-refractivity contribution >= 4 is 17.7 Å². The van der Waals surface area contributed by atoms with Crippen LogP contribution in [0.25, 0.3) is 0 Å². The largest absolute Gasteiger partial charge is 0.416 e. The van der Waals surface area contributed by atoms with Gasteiger partial charge in [0, 0.05) is 49.6 Å². The Hall–Kier alpha value is -2.15. The van der Waals surface area contributed by atoms with Crippen molar-refractivity contribution in [1.29, 1.82) is 0 Å². The third kappa shape index (κ3) is 6.82. The van der Waals surface area contributed by atoms with E-state index in [1.807, 2.05) is 11.9 Å². The number of allylic oxidation sites excluding steroid dienone is 2. The van der Waals surface area contributed by atoms with E-state index in [1.54, 1.807) is 31.0 Å². The first-order valence-electron chi connectivity index (χ1n) is 8.28.